The maximum atomic E-state index is 10.1. The zero-order valence-corrected chi connectivity index (χ0v) is 88.8. The molecule has 0 amide bonds. The standard InChI is InChI=1S/12C5H10O2.4C4H11O3P.4Mn/c12*1-5(2,3)4(6)7;4*1-4(2,3)8(5,6)7;;;;/h12*1-3H3,(H,6,7);4*1-3H3,(H2,5,6,7);;;;/q;;;;;;;;;;;;;;;;4*+2/p-8. The second kappa shape index (κ2) is 65.0. The molecule has 44 heteroatoms. The minimum atomic E-state index is -4.35. The third kappa shape index (κ3) is 135. The van der Waals surface area contributed by atoms with E-state index in [2.05, 4.69) is 0 Å². The first-order chi connectivity index (χ1) is 48.3. The molecule has 0 aliphatic carbocycles. The van der Waals surface area contributed by atoms with Crippen LogP contribution in [0.3, 0.4) is 0 Å². The molecule has 0 unspecified atom stereocenters. The summed E-state index contributed by atoms with van der Waals surface area (Å²) in [4.78, 5) is 201. The van der Waals surface area contributed by atoms with Gasteiger partial charge in [-0.1, -0.05) is 113 Å². The van der Waals surface area contributed by atoms with Crippen molar-refractivity contribution in [1.82, 2.24) is 0 Å². The molecule has 724 valence electrons. The number of hydrogen-bond acceptors (Lipinski definition) is 24. The van der Waals surface area contributed by atoms with Crippen molar-refractivity contribution in [2.75, 3.05) is 0 Å². The molecule has 0 fully saturated rings. The first-order valence-electron chi connectivity index (χ1n) is 35.2. The number of rotatable bonds is 0. The molecule has 0 heterocycles. The summed E-state index contributed by atoms with van der Waals surface area (Å²) >= 11 is 0. The molecular weight excluding hydrogens is 1830 g/mol. The van der Waals surface area contributed by atoms with Crippen LogP contribution in [0, 0.1) is 65.0 Å². The Hall–Kier alpha value is -3.68. The molecule has 0 aliphatic rings. The third-order valence-corrected chi connectivity index (χ3v) is 17.6. The van der Waals surface area contributed by atoms with Gasteiger partial charge in [-0.15, -0.1) is 0 Å². The minimum absolute atomic E-state index is 0. The van der Waals surface area contributed by atoms with Crippen molar-refractivity contribution in [1.29, 1.82) is 0 Å². The van der Waals surface area contributed by atoms with E-state index in [4.69, 9.17) is 61.3 Å². The average molecular weight is 1990 g/mol. The maximum absolute atomic E-state index is 10.1. The van der Waals surface area contributed by atoms with Gasteiger partial charge in [0.1, 0.15) is 0 Å². The largest absolute Gasteiger partial charge is 2.00 e. The van der Waals surface area contributed by atoms with Gasteiger partial charge in [0.2, 0.25) is 0 Å². The van der Waals surface area contributed by atoms with E-state index in [1.165, 1.54) is 83.1 Å². The molecule has 0 spiro atoms. The van der Waals surface area contributed by atoms with Crippen LogP contribution in [0.25, 0.3) is 0 Å². The topological polar surface area (TPSA) is 700 Å². The van der Waals surface area contributed by atoms with Gasteiger partial charge in [0.15, 0.2) is 0 Å². The number of carboxylic acids is 12. The second-order valence-corrected chi connectivity index (χ2v) is 50.7. The van der Waals surface area contributed by atoms with Gasteiger partial charge < -0.3 is 119 Å². The predicted octanol–water partition coefficient (Wildman–Crippen LogP) is 12.2. The SMILES string of the molecule is CC(C)(C)C(=O)O.CC(C)(C)C(=O)O.CC(C)(C)C(=O)O.CC(C)(C)C(=O)O.CC(C)(C)C(=O)O.CC(C)(C)C(=O)O.CC(C)(C)C(=O)O.CC(C)(C)C(=O)O.CC(C)(C)C(=O)O.CC(C)(C)C(=O)O.CC(C)(C)C(=O)O.CC(C)(C)C(=O)O.CC(C)(C)P(=O)([O-])[O-].CC(C)(C)P(=O)([O-])[O-].CC(C)(C)P(=O)([O-])[O-].CC(C)(C)P(=O)([O-])[O-].[Mn+2].[Mn+2].[Mn+2].[Mn+2]. The third-order valence-electron chi connectivity index (χ3n) is 11.0. The van der Waals surface area contributed by atoms with Gasteiger partial charge in [-0.05, 0) is 270 Å². The van der Waals surface area contributed by atoms with Crippen LogP contribution in [-0.4, -0.2) is 154 Å². The van der Waals surface area contributed by atoms with Crippen LogP contribution in [0.2, 0.25) is 0 Å². The molecule has 0 bridgehead atoms. The van der Waals surface area contributed by atoms with Crippen molar-refractivity contribution in [3.8, 4) is 0 Å². The summed E-state index contributed by atoms with van der Waals surface area (Å²) in [6.45, 7) is 76.4. The zero-order chi connectivity index (χ0) is 101. The van der Waals surface area contributed by atoms with Crippen molar-refractivity contribution < 1.29 is 244 Å². The van der Waals surface area contributed by atoms with Gasteiger partial charge in [0, 0.05) is 0 Å². The van der Waals surface area contributed by atoms with Crippen LogP contribution < -0.4 is 39.1 Å². The van der Waals surface area contributed by atoms with E-state index in [1.807, 2.05) is 0 Å². The summed E-state index contributed by atoms with van der Waals surface area (Å²) in [7, 11) is -17.4. The Morgan fingerprint density at radius 2 is 0.158 bits per heavy atom. The summed E-state index contributed by atoms with van der Waals surface area (Å²) in [6.07, 6.45) is 0. The van der Waals surface area contributed by atoms with Gasteiger partial charge in [-0.2, -0.15) is 0 Å². The fourth-order valence-electron chi connectivity index (χ4n) is 0. The summed E-state index contributed by atoms with van der Waals surface area (Å²) in [5.74, 6) is -9.08. The fourth-order valence-corrected chi connectivity index (χ4v) is 0. The monoisotopic (exact) mass is 1990 g/mol. The Bertz CT molecular complexity index is 2460. The van der Waals surface area contributed by atoms with Gasteiger partial charge in [0.25, 0.3) is 0 Å². The molecule has 0 aliphatic heterocycles. The molecule has 0 aromatic rings. The molecular formula is C76H156Mn4O36P4. The number of aliphatic carboxylic acids is 12. The molecule has 0 rings (SSSR count). The zero-order valence-electron chi connectivity index (χ0n) is 80.5. The Balaban J connectivity index is -0.0000000493. The van der Waals surface area contributed by atoms with Crippen LogP contribution in [0.15, 0.2) is 0 Å². The quantitative estimate of drug-likeness (QED) is 0.0791. The summed E-state index contributed by atoms with van der Waals surface area (Å²) < 4.78 is 40.5. The average Bonchev–Trinajstić information content (AvgIpc) is 3.36. The second-order valence-electron chi connectivity index (χ2n) is 41.3. The molecule has 36 nitrogen and oxygen atoms in total. The molecule has 0 aromatic heterocycles. The number of carboxylic acid groups (broad SMARTS) is 12. The van der Waals surface area contributed by atoms with Crippen LogP contribution in [0.5, 0.6) is 0 Å². The van der Waals surface area contributed by atoms with E-state index in [9.17, 15) is 115 Å². The van der Waals surface area contributed by atoms with E-state index < -0.39 is 188 Å². The van der Waals surface area contributed by atoms with E-state index in [-0.39, 0.29) is 68.3 Å². The van der Waals surface area contributed by atoms with E-state index in [1.54, 1.807) is 249 Å². The van der Waals surface area contributed by atoms with Crippen LogP contribution in [0.1, 0.15) is 332 Å². The minimum Gasteiger partial charge on any atom is -0.810 e. The molecule has 0 saturated heterocycles. The molecule has 0 aromatic carbocycles. The Morgan fingerprint density at radius 3 is 0.158 bits per heavy atom. The first-order valence-corrected chi connectivity index (χ1v) is 41.4. The molecule has 0 atom stereocenters. The molecule has 0 saturated carbocycles. The van der Waals surface area contributed by atoms with Crippen molar-refractivity contribution in [3.63, 3.8) is 0 Å². The van der Waals surface area contributed by atoms with E-state index >= 15 is 0 Å². The molecule has 4 radical (unpaired) electrons. The fraction of sp³-hybridized carbons (Fsp3) is 0.842. The van der Waals surface area contributed by atoms with Gasteiger partial charge in [0.05, 0.1) is 65.0 Å². The Morgan fingerprint density at radius 1 is 0.142 bits per heavy atom. The Labute approximate surface area is 759 Å². The summed E-state index contributed by atoms with van der Waals surface area (Å²) in [5.41, 5.74) is -7.00. The predicted molar refractivity (Wildman–Crippen MR) is 435 cm³/mol. The smallest absolute Gasteiger partial charge is 0.810 e. The van der Waals surface area contributed by atoms with Crippen LogP contribution in [-0.2, 0) is 144 Å². The van der Waals surface area contributed by atoms with Gasteiger partial charge in [-0.25, -0.2) is 0 Å². The number of carbonyl (C=O) groups is 12. The Kier molecular flexibility index (Phi) is 90.3. The summed E-state index contributed by atoms with van der Waals surface area (Å²) in [5, 5.41) is 94.5. The van der Waals surface area contributed by atoms with Crippen LogP contribution >= 0.6 is 30.4 Å². The molecule has 12 N–H and O–H groups in total. The summed E-state index contributed by atoms with van der Waals surface area (Å²) in [6, 6.07) is 0. The maximum Gasteiger partial charge on any atom is 2.00 e. The van der Waals surface area contributed by atoms with Crippen molar-refractivity contribution in [3.05, 3.63) is 0 Å². The molecule has 120 heavy (non-hydrogen) atoms. The van der Waals surface area contributed by atoms with Crippen molar-refractivity contribution in [2.45, 2.75) is 353 Å². The first kappa shape index (κ1) is 167. The van der Waals surface area contributed by atoms with Crippen molar-refractivity contribution in [2.24, 2.45) is 65.0 Å². The van der Waals surface area contributed by atoms with Crippen LogP contribution in [0.4, 0.5) is 0 Å². The van der Waals surface area contributed by atoms with Gasteiger partial charge in [-0.3, -0.25) is 57.5 Å². The number of hydrogen-bond donors (Lipinski definition) is 12. The van der Waals surface area contributed by atoms with Crippen molar-refractivity contribution >= 4 is 102 Å². The van der Waals surface area contributed by atoms with Gasteiger partial charge >= 0.3 is 140 Å². The van der Waals surface area contributed by atoms with E-state index in [0.717, 1.165) is 0 Å². The normalized spacial score (nSPS) is 11.7. The van der Waals surface area contributed by atoms with E-state index in [0.29, 0.717) is 0 Å².